The van der Waals surface area contributed by atoms with E-state index in [1.165, 1.54) is 205 Å². The summed E-state index contributed by atoms with van der Waals surface area (Å²) in [5.74, 6) is 1.45. The van der Waals surface area contributed by atoms with Gasteiger partial charge in [-0.1, -0.05) is 233 Å². The van der Waals surface area contributed by atoms with Gasteiger partial charge in [-0.3, -0.25) is 0 Å². The van der Waals surface area contributed by atoms with E-state index in [9.17, 15) is 0 Å². The van der Waals surface area contributed by atoms with Gasteiger partial charge in [0.05, 0.1) is 0 Å². The minimum Gasteiger partial charge on any atom is -0.340 e. The van der Waals surface area contributed by atoms with Crippen LogP contribution in [0.15, 0.2) is 0 Å². The molecule has 0 aliphatic heterocycles. The zero-order valence-corrected chi connectivity index (χ0v) is 32.9. The van der Waals surface area contributed by atoms with E-state index in [-0.39, 0.29) is 19.5 Å². The van der Waals surface area contributed by atoms with Crippen molar-refractivity contribution in [2.75, 3.05) is 0 Å². The fourth-order valence-corrected chi connectivity index (χ4v) is 5.85. The fourth-order valence-electron chi connectivity index (χ4n) is 5.85. The summed E-state index contributed by atoms with van der Waals surface area (Å²) in [6.07, 6.45) is 45.4. The molecule has 0 aromatic heterocycles. The maximum absolute atomic E-state index is 4.31. The molecule has 0 bridgehead atoms. The van der Waals surface area contributed by atoms with Crippen LogP contribution in [0.1, 0.15) is 233 Å². The molecule has 0 aromatic carbocycles. The minimum absolute atomic E-state index is 0. The van der Waals surface area contributed by atoms with Crippen molar-refractivity contribution in [1.82, 2.24) is 0 Å². The van der Waals surface area contributed by atoms with Crippen molar-refractivity contribution in [2.45, 2.75) is 233 Å². The minimum atomic E-state index is 0. The average Bonchev–Trinajstić information content (AvgIpc) is 2.96. The maximum Gasteiger partial charge on any atom is 2.00 e. The first-order valence-corrected chi connectivity index (χ1v) is 19.3. The van der Waals surface area contributed by atoms with Gasteiger partial charge in [-0.25, -0.2) is 0 Å². The normalized spacial score (nSPS) is 12.4. The molecule has 0 nitrogen and oxygen atoms in total. The van der Waals surface area contributed by atoms with Crippen LogP contribution in [-0.4, -0.2) is 0 Å². The van der Waals surface area contributed by atoms with Gasteiger partial charge in [-0.15, -0.1) is 0 Å². The van der Waals surface area contributed by atoms with Crippen LogP contribution in [0.25, 0.3) is 0 Å². The largest absolute Gasteiger partial charge is 2.00 e. The Labute approximate surface area is 277 Å². The van der Waals surface area contributed by atoms with Crippen molar-refractivity contribution in [3.05, 3.63) is 13.8 Å². The summed E-state index contributed by atoms with van der Waals surface area (Å²) >= 11 is 0. The molecule has 0 heterocycles. The van der Waals surface area contributed by atoms with E-state index in [0.29, 0.717) is 0 Å². The van der Waals surface area contributed by atoms with Gasteiger partial charge in [0.25, 0.3) is 0 Å². The molecule has 0 radical (unpaired) electrons. The van der Waals surface area contributed by atoms with Gasteiger partial charge in [0, 0.05) is 0 Å². The molecule has 1 heteroatoms. The Hall–Kier alpha value is 0.623. The van der Waals surface area contributed by atoms with E-state index >= 15 is 0 Å². The van der Waals surface area contributed by atoms with Gasteiger partial charge in [0.1, 0.15) is 0 Å². The van der Waals surface area contributed by atoms with Gasteiger partial charge in [-0.2, -0.15) is 11.8 Å². The quantitative estimate of drug-likeness (QED) is 0.0395. The Morgan fingerprint density at radius 1 is 0.268 bits per heavy atom. The molecule has 0 aliphatic carbocycles. The number of unbranched alkanes of at least 4 members (excludes halogenated alkanes) is 24. The summed E-state index contributed by atoms with van der Waals surface area (Å²) in [6.45, 7) is 17.8. The Balaban J connectivity index is -0.000000688. The molecule has 0 aromatic rings. The molecular formula is C40H82Zn. The third-order valence-electron chi connectivity index (χ3n) is 8.86. The van der Waals surface area contributed by atoms with Crippen molar-refractivity contribution in [1.29, 1.82) is 0 Å². The molecule has 0 rings (SSSR count). The molecular weight excluding hydrogens is 546 g/mol. The van der Waals surface area contributed by atoms with Crippen LogP contribution >= 0.6 is 0 Å². The van der Waals surface area contributed by atoms with E-state index in [4.69, 9.17) is 0 Å². The predicted molar refractivity (Wildman–Crippen MR) is 188 cm³/mol. The van der Waals surface area contributed by atoms with Gasteiger partial charge in [0.15, 0.2) is 0 Å². The van der Waals surface area contributed by atoms with E-state index in [1.807, 2.05) is 0 Å². The van der Waals surface area contributed by atoms with Crippen LogP contribution in [0.5, 0.6) is 0 Å². The van der Waals surface area contributed by atoms with Gasteiger partial charge in [-0.05, 0) is 0 Å². The first-order chi connectivity index (χ1) is 19.6. The first-order valence-electron chi connectivity index (χ1n) is 19.3. The van der Waals surface area contributed by atoms with Crippen molar-refractivity contribution >= 4 is 0 Å². The molecule has 0 spiro atoms. The topological polar surface area (TPSA) is 0 Å². The molecule has 0 fully saturated rings. The summed E-state index contributed by atoms with van der Waals surface area (Å²) in [5.41, 5.74) is 0. The van der Waals surface area contributed by atoms with Crippen LogP contribution in [0, 0.1) is 25.7 Å². The molecule has 0 N–H and O–H groups in total. The van der Waals surface area contributed by atoms with E-state index in [0.717, 1.165) is 11.8 Å². The van der Waals surface area contributed by atoms with Gasteiger partial charge >= 0.3 is 19.5 Å². The SMILES string of the molecule is [CH2-]C(CCCCCC)CCCCCCCCCCCC.[CH2-]C(CCCCCC)CCCCCCCCCCCC.[Zn+2]. The van der Waals surface area contributed by atoms with E-state index < -0.39 is 0 Å². The summed E-state index contributed by atoms with van der Waals surface area (Å²) in [5, 5.41) is 0. The van der Waals surface area contributed by atoms with E-state index in [1.54, 1.807) is 0 Å². The van der Waals surface area contributed by atoms with Crippen molar-refractivity contribution in [3.8, 4) is 0 Å². The van der Waals surface area contributed by atoms with E-state index in [2.05, 4.69) is 41.5 Å². The standard InChI is InChI=1S/2C20H41.Zn/c2*1-4-6-8-10-11-12-13-14-15-17-19-20(3)18-16-9-7-5-2;/h2*20H,3-19H2,1-2H3;/q2*-1;+2. The van der Waals surface area contributed by atoms with Crippen molar-refractivity contribution in [3.63, 3.8) is 0 Å². The summed E-state index contributed by atoms with van der Waals surface area (Å²) in [6, 6.07) is 0. The summed E-state index contributed by atoms with van der Waals surface area (Å²) in [4.78, 5) is 0. The molecule has 0 saturated carbocycles. The van der Waals surface area contributed by atoms with Crippen molar-refractivity contribution < 1.29 is 19.5 Å². The average molecular weight is 628 g/mol. The smallest absolute Gasteiger partial charge is 0.340 e. The second kappa shape index (κ2) is 42.8. The molecule has 41 heavy (non-hydrogen) atoms. The maximum atomic E-state index is 4.31. The molecule has 0 saturated heterocycles. The number of hydrogen-bond acceptors (Lipinski definition) is 0. The third-order valence-corrected chi connectivity index (χ3v) is 8.86. The van der Waals surface area contributed by atoms with Gasteiger partial charge in [0.2, 0.25) is 0 Å². The fraction of sp³-hybridized carbons (Fsp3) is 0.950. The van der Waals surface area contributed by atoms with Crippen LogP contribution in [0.2, 0.25) is 0 Å². The van der Waals surface area contributed by atoms with Crippen molar-refractivity contribution in [2.24, 2.45) is 11.8 Å². The molecule has 2 unspecified atom stereocenters. The first kappa shape index (κ1) is 46.0. The van der Waals surface area contributed by atoms with Crippen LogP contribution < -0.4 is 0 Å². The molecule has 0 aliphatic rings. The Morgan fingerprint density at radius 2 is 0.415 bits per heavy atom. The second-order valence-corrected chi connectivity index (χ2v) is 13.4. The Kier molecular flexibility index (Phi) is 48.0. The van der Waals surface area contributed by atoms with Crippen LogP contribution in [-0.2, 0) is 19.5 Å². The molecule has 2 atom stereocenters. The monoisotopic (exact) mass is 627 g/mol. The predicted octanol–water partition coefficient (Wildman–Crippen LogP) is 15.4. The molecule has 244 valence electrons. The zero-order chi connectivity index (χ0) is 29.8. The Bertz CT molecular complexity index is 368. The third kappa shape index (κ3) is 45.2. The second-order valence-electron chi connectivity index (χ2n) is 13.4. The summed E-state index contributed by atoms with van der Waals surface area (Å²) in [7, 11) is 0. The number of hydrogen-bond donors (Lipinski definition) is 0. The zero-order valence-electron chi connectivity index (χ0n) is 29.9. The molecule has 0 amide bonds. The Morgan fingerprint density at radius 3 is 0.610 bits per heavy atom. The van der Waals surface area contributed by atoms with Crippen LogP contribution in [0.3, 0.4) is 0 Å². The summed E-state index contributed by atoms with van der Waals surface area (Å²) < 4.78 is 0. The number of rotatable bonds is 32. The van der Waals surface area contributed by atoms with Crippen LogP contribution in [0.4, 0.5) is 0 Å². The van der Waals surface area contributed by atoms with Gasteiger partial charge < -0.3 is 13.8 Å².